The van der Waals surface area contributed by atoms with Crippen LogP contribution in [0.5, 0.6) is 0 Å². The highest BCUT2D eigenvalue weighted by atomic mass is 35.5. The van der Waals surface area contributed by atoms with Crippen molar-refractivity contribution in [3.05, 3.63) is 59.1 Å². The van der Waals surface area contributed by atoms with Crippen molar-refractivity contribution in [3.63, 3.8) is 0 Å². The molecule has 0 heterocycles. The average Bonchev–Trinajstić information content (AvgIpc) is 2.53. The summed E-state index contributed by atoms with van der Waals surface area (Å²) in [5.74, 6) is 5.60. The molecule has 0 fully saturated rings. The van der Waals surface area contributed by atoms with Crippen molar-refractivity contribution < 1.29 is 14.0 Å². The molecule has 23 heavy (non-hydrogen) atoms. The Morgan fingerprint density at radius 2 is 1.61 bits per heavy atom. The van der Waals surface area contributed by atoms with Crippen molar-refractivity contribution >= 4 is 21.1 Å². The van der Waals surface area contributed by atoms with Crippen LogP contribution < -0.4 is 10.6 Å². The summed E-state index contributed by atoms with van der Waals surface area (Å²) < 4.78 is 23.5. The van der Waals surface area contributed by atoms with E-state index in [1.807, 2.05) is 5.48 Å². The van der Waals surface area contributed by atoms with Gasteiger partial charge in [0.2, 0.25) is 0 Å². The van der Waals surface area contributed by atoms with Crippen LogP contribution in [0.2, 0.25) is 5.02 Å². The second kappa shape index (κ2) is 6.42. The van der Waals surface area contributed by atoms with E-state index in [2.05, 4.69) is 11.8 Å². The van der Waals surface area contributed by atoms with E-state index in [0.717, 1.165) is 0 Å². The second-order valence-electron chi connectivity index (χ2n) is 5.06. The van der Waals surface area contributed by atoms with Crippen molar-refractivity contribution in [2.75, 3.05) is 0 Å². The highest BCUT2D eigenvalue weighted by Gasteiger charge is 2.27. The topological polar surface area (TPSA) is 95.6 Å². The average molecular weight is 353 g/mol. The molecule has 1 atom stereocenters. The molecule has 5 nitrogen and oxygen atoms in total. The van der Waals surface area contributed by atoms with Crippen LogP contribution in [0.25, 0.3) is 0 Å². The van der Waals surface area contributed by atoms with Crippen LogP contribution in [0.4, 0.5) is 0 Å². The largest absolute Gasteiger partial charge is 0.316 e. The first-order chi connectivity index (χ1) is 10.7. The Morgan fingerprint density at radius 1 is 1.13 bits per heavy atom. The molecule has 0 spiro atoms. The van der Waals surface area contributed by atoms with E-state index >= 15 is 0 Å². The molecule has 0 bridgehead atoms. The fourth-order valence-electron chi connectivity index (χ4n) is 1.86. The minimum absolute atomic E-state index is 0.0863. The van der Waals surface area contributed by atoms with Crippen LogP contribution in [-0.4, -0.2) is 20.0 Å². The van der Waals surface area contributed by atoms with Gasteiger partial charge in [0.25, 0.3) is 0 Å². The Bertz CT molecular complexity index is 817. The van der Waals surface area contributed by atoms with Gasteiger partial charge in [-0.25, -0.2) is 5.14 Å². The van der Waals surface area contributed by atoms with Crippen LogP contribution >= 0.6 is 11.6 Å². The monoisotopic (exact) mass is 352 g/mol. The predicted molar refractivity (Wildman–Crippen MR) is 90.6 cm³/mol. The molecule has 0 amide bonds. The molecule has 0 aliphatic heterocycles. The van der Waals surface area contributed by atoms with Crippen LogP contribution in [0, 0.1) is 11.8 Å². The van der Waals surface area contributed by atoms with Crippen molar-refractivity contribution in [3.8, 4) is 11.8 Å². The number of hydrogen-bond acceptors (Lipinski definition) is 3. The first kappa shape index (κ1) is 17.6. The normalized spacial score (nSPS) is 14.2. The van der Waals surface area contributed by atoms with Crippen molar-refractivity contribution in [1.29, 1.82) is 0 Å². The van der Waals surface area contributed by atoms with Gasteiger partial charge < -0.3 is 5.21 Å². The van der Waals surface area contributed by atoms with Gasteiger partial charge in [0.15, 0.2) is 0 Å². The van der Waals surface area contributed by atoms with Crippen molar-refractivity contribution in [2.45, 2.75) is 22.8 Å². The number of nitrogens with two attached hydrogens (primary N) is 1. The molecule has 0 aliphatic carbocycles. The Balaban J connectivity index is 2.38. The summed E-state index contributed by atoms with van der Waals surface area (Å²) in [5.41, 5.74) is 2.65. The minimum Gasteiger partial charge on any atom is -0.316 e. The van der Waals surface area contributed by atoms with E-state index in [9.17, 15) is 8.76 Å². The summed E-state index contributed by atoms with van der Waals surface area (Å²) in [6.07, 6.45) is 0. The zero-order valence-electron chi connectivity index (χ0n) is 12.4. The molecule has 5 N–H and O–H groups in total. The third-order valence-electron chi connectivity index (χ3n) is 3.21. The standard InChI is InChI=1S/C16H17ClN2O3S/c1-12(19-20)2-3-13-4-8-15(9-5-13)23(18,21,22)16-10-6-14(17)7-11-16/h4-12,19-20H,1H3,(H3,18,21,22). The van der Waals surface area contributed by atoms with Gasteiger partial charge in [-0.3, -0.25) is 4.55 Å². The van der Waals surface area contributed by atoms with E-state index in [4.69, 9.17) is 21.9 Å². The molecule has 1 unspecified atom stereocenters. The maximum absolute atomic E-state index is 12.9. The second-order valence-corrected chi connectivity index (χ2v) is 8.37. The molecule has 0 aromatic heterocycles. The van der Waals surface area contributed by atoms with Crippen LogP contribution in [0.15, 0.2) is 58.3 Å². The number of nitrogens with one attached hydrogen (secondary N) is 1. The molecule has 0 aliphatic rings. The Labute approximate surface area is 139 Å². The summed E-state index contributed by atoms with van der Waals surface area (Å²) in [6.45, 7) is 1.69. The van der Waals surface area contributed by atoms with Gasteiger partial charge in [0.05, 0.1) is 15.8 Å². The Morgan fingerprint density at radius 3 is 2.09 bits per heavy atom. The molecular formula is C16H17ClN2O3S. The maximum atomic E-state index is 12.9. The molecule has 7 heteroatoms. The van der Waals surface area contributed by atoms with Crippen LogP contribution in [-0.2, 0) is 9.53 Å². The zero-order valence-corrected chi connectivity index (χ0v) is 13.9. The zero-order chi connectivity index (χ0) is 17.1. The third kappa shape index (κ3) is 3.98. The number of hydrogen-bond donors (Lipinski definition) is 4. The van der Waals surface area contributed by atoms with Gasteiger partial charge >= 0.3 is 0 Å². The molecule has 2 rings (SSSR count). The predicted octanol–water partition coefficient (Wildman–Crippen LogP) is 2.64. The third-order valence-corrected chi connectivity index (χ3v) is 5.82. The fraction of sp³-hybridized carbons (Fsp3) is 0.125. The molecule has 2 aromatic carbocycles. The number of rotatable bonds is 3. The summed E-state index contributed by atoms with van der Waals surface area (Å²) in [7, 11) is -4.67. The van der Waals surface area contributed by atoms with Gasteiger partial charge in [-0.1, -0.05) is 33.0 Å². The van der Waals surface area contributed by atoms with Gasteiger partial charge in [0.1, 0.15) is 0 Å². The summed E-state index contributed by atoms with van der Waals surface area (Å²) in [6, 6.07) is 11.6. The van der Waals surface area contributed by atoms with Crippen molar-refractivity contribution in [1.82, 2.24) is 5.48 Å². The SMILES string of the molecule is CC(C#Cc1ccc(S(N)(=O)(O)c2ccc(Cl)cc2)cc1)NO. The summed E-state index contributed by atoms with van der Waals surface area (Å²) in [5, 5.41) is 15.0. The number of halogens is 1. The van der Waals surface area contributed by atoms with Gasteiger partial charge in [-0.15, -0.1) is 0 Å². The lowest BCUT2D eigenvalue weighted by molar-refractivity contribution is 0.152. The van der Waals surface area contributed by atoms with E-state index in [-0.39, 0.29) is 15.8 Å². The van der Waals surface area contributed by atoms with Crippen molar-refractivity contribution in [2.24, 2.45) is 5.14 Å². The minimum atomic E-state index is -4.67. The van der Waals surface area contributed by atoms with E-state index < -0.39 is 9.53 Å². The number of benzene rings is 2. The van der Waals surface area contributed by atoms with Gasteiger partial charge in [0, 0.05) is 10.6 Å². The smallest absolute Gasteiger partial charge is 0.0901 e. The summed E-state index contributed by atoms with van der Waals surface area (Å²) in [4.78, 5) is 0.173. The molecule has 0 radical (unpaired) electrons. The highest BCUT2D eigenvalue weighted by Crippen LogP contribution is 2.35. The first-order valence-electron chi connectivity index (χ1n) is 6.70. The first-order valence-corrected chi connectivity index (χ1v) is 9.07. The summed E-state index contributed by atoms with van der Waals surface area (Å²) >= 11 is 5.80. The lowest BCUT2D eigenvalue weighted by Gasteiger charge is -2.38. The van der Waals surface area contributed by atoms with Crippen LogP contribution in [0.3, 0.4) is 0 Å². The quantitative estimate of drug-likeness (QED) is 0.504. The fourth-order valence-corrected chi connectivity index (χ4v) is 3.58. The number of hydroxylamine groups is 1. The Hall–Kier alpha value is -1.72. The molecule has 122 valence electrons. The lowest BCUT2D eigenvalue weighted by Crippen LogP contribution is -2.42. The molecular weight excluding hydrogens is 336 g/mol. The maximum Gasteiger partial charge on any atom is 0.0901 e. The van der Waals surface area contributed by atoms with E-state index in [1.54, 1.807) is 19.1 Å². The lowest BCUT2D eigenvalue weighted by atomic mass is 10.2. The highest BCUT2D eigenvalue weighted by molar-refractivity contribution is 8.13. The molecule has 0 saturated carbocycles. The Kier molecular flexibility index (Phi) is 4.92. The van der Waals surface area contributed by atoms with Gasteiger partial charge in [-0.05, 0) is 55.5 Å². The van der Waals surface area contributed by atoms with Crippen LogP contribution in [0.1, 0.15) is 12.5 Å². The van der Waals surface area contributed by atoms with Gasteiger partial charge in [-0.2, -0.15) is 9.69 Å². The molecule has 2 aromatic rings. The molecule has 0 saturated heterocycles. The van der Waals surface area contributed by atoms with E-state index in [0.29, 0.717) is 10.6 Å². The van der Waals surface area contributed by atoms with E-state index in [1.165, 1.54) is 36.4 Å².